The third-order valence-electron chi connectivity index (χ3n) is 6.35. The maximum absolute atomic E-state index is 13.3. The summed E-state index contributed by atoms with van der Waals surface area (Å²) in [7, 11) is 3.24. The molecule has 2 aromatic heterocycles. The first-order chi connectivity index (χ1) is 17.2. The fraction of sp³-hybridized carbons (Fsp3) is 0.241. The lowest BCUT2D eigenvalue weighted by Crippen LogP contribution is -2.18. The number of para-hydroxylation sites is 1. The molecule has 0 N–H and O–H groups in total. The van der Waals surface area contributed by atoms with Gasteiger partial charge in [-0.3, -0.25) is 9.20 Å². The molecule has 6 rings (SSSR count). The number of aromatic nitrogens is 2. The van der Waals surface area contributed by atoms with Crippen LogP contribution in [-0.2, 0) is 4.74 Å². The Hall–Kier alpha value is -3.90. The Labute approximate surface area is 204 Å². The number of rotatable bonds is 5. The summed E-state index contributed by atoms with van der Waals surface area (Å²) >= 11 is 0. The van der Waals surface area contributed by atoms with Crippen molar-refractivity contribution in [2.24, 2.45) is 0 Å². The van der Waals surface area contributed by atoms with Crippen LogP contribution < -0.4 is 15.0 Å². The number of ether oxygens (including phenoxy) is 3. The Bertz CT molecular complexity index is 1420. The van der Waals surface area contributed by atoms with Crippen LogP contribution in [0.15, 0.2) is 77.7 Å². The fourth-order valence-corrected chi connectivity index (χ4v) is 4.46. The molecular formula is C29H28N2O4. The molecule has 2 atom stereocenters. The molecule has 1 saturated heterocycles. The molecule has 0 spiro atoms. The number of fused-ring (bicyclic) bond motifs is 2. The van der Waals surface area contributed by atoms with E-state index < -0.39 is 0 Å². The molecule has 6 heteroatoms. The monoisotopic (exact) mass is 468 g/mol. The molecule has 2 aromatic carbocycles. The minimum absolute atomic E-state index is 0.136. The third-order valence-corrected chi connectivity index (χ3v) is 6.35. The second-order valence-electron chi connectivity index (χ2n) is 8.56. The van der Waals surface area contributed by atoms with Crippen molar-refractivity contribution < 1.29 is 14.2 Å². The number of methoxy groups -OCH3 is 2. The van der Waals surface area contributed by atoms with Gasteiger partial charge in [0.15, 0.2) is 0 Å². The standard InChI is InChI=1S/C24H20N2O3.C5H8O/c1-28-19-10-7-9-18(16-19)23-20(14-13-17-8-3-4-11-21(17)29-2)25-22-12-5-6-15-26(22)24(23)27;1-2-4-5(3-1)6-4/h3-16H,1-2H3;4-5H,1-3H2. The largest absolute Gasteiger partial charge is 0.497 e. The van der Waals surface area contributed by atoms with Gasteiger partial charge in [0, 0.05) is 11.8 Å². The lowest BCUT2D eigenvalue weighted by molar-refractivity contribution is 0.322. The maximum atomic E-state index is 13.3. The summed E-state index contributed by atoms with van der Waals surface area (Å²) < 4.78 is 17.5. The minimum Gasteiger partial charge on any atom is -0.497 e. The Kier molecular flexibility index (Phi) is 6.64. The lowest BCUT2D eigenvalue weighted by Gasteiger charge is -2.10. The van der Waals surface area contributed by atoms with Crippen molar-refractivity contribution >= 4 is 17.8 Å². The number of pyridine rings is 1. The average molecular weight is 469 g/mol. The van der Waals surface area contributed by atoms with Crippen LogP contribution >= 0.6 is 0 Å². The molecule has 2 aliphatic rings. The smallest absolute Gasteiger partial charge is 0.266 e. The van der Waals surface area contributed by atoms with Gasteiger partial charge in [0.05, 0.1) is 37.7 Å². The molecule has 35 heavy (non-hydrogen) atoms. The van der Waals surface area contributed by atoms with E-state index in [0.717, 1.165) is 16.9 Å². The van der Waals surface area contributed by atoms with Crippen molar-refractivity contribution in [3.8, 4) is 22.6 Å². The van der Waals surface area contributed by atoms with Crippen molar-refractivity contribution in [1.82, 2.24) is 9.38 Å². The highest BCUT2D eigenvalue weighted by molar-refractivity contribution is 5.81. The van der Waals surface area contributed by atoms with Crippen LogP contribution in [0.25, 0.3) is 28.9 Å². The molecule has 1 aliphatic carbocycles. The summed E-state index contributed by atoms with van der Waals surface area (Å²) in [5.74, 6) is 1.43. The topological polar surface area (TPSA) is 65.4 Å². The Morgan fingerprint density at radius 2 is 1.74 bits per heavy atom. The highest BCUT2D eigenvalue weighted by atomic mass is 16.6. The first kappa shape index (κ1) is 22.9. The number of hydrogen-bond acceptors (Lipinski definition) is 5. The van der Waals surface area contributed by atoms with Gasteiger partial charge in [0.1, 0.15) is 17.1 Å². The van der Waals surface area contributed by atoms with Gasteiger partial charge < -0.3 is 14.2 Å². The van der Waals surface area contributed by atoms with E-state index in [1.165, 1.54) is 19.3 Å². The van der Waals surface area contributed by atoms with Gasteiger partial charge in [-0.25, -0.2) is 4.98 Å². The van der Waals surface area contributed by atoms with E-state index >= 15 is 0 Å². The van der Waals surface area contributed by atoms with E-state index in [4.69, 9.17) is 19.2 Å². The summed E-state index contributed by atoms with van der Waals surface area (Å²) in [6.07, 6.45) is 11.0. The molecular weight excluding hydrogens is 440 g/mol. The van der Waals surface area contributed by atoms with Gasteiger partial charge in [0.25, 0.3) is 5.56 Å². The van der Waals surface area contributed by atoms with E-state index in [2.05, 4.69) is 0 Å². The van der Waals surface area contributed by atoms with E-state index in [-0.39, 0.29) is 5.56 Å². The Morgan fingerprint density at radius 3 is 2.46 bits per heavy atom. The molecule has 6 nitrogen and oxygen atoms in total. The molecule has 0 radical (unpaired) electrons. The van der Waals surface area contributed by atoms with Gasteiger partial charge in [-0.1, -0.05) is 36.4 Å². The summed E-state index contributed by atoms with van der Waals surface area (Å²) in [5.41, 5.74) is 3.20. The van der Waals surface area contributed by atoms with Gasteiger partial charge in [0.2, 0.25) is 0 Å². The summed E-state index contributed by atoms with van der Waals surface area (Å²) in [6, 6.07) is 20.6. The number of nitrogens with zero attached hydrogens (tertiary/aromatic N) is 2. The molecule has 0 amide bonds. The van der Waals surface area contributed by atoms with Crippen LogP contribution in [0.1, 0.15) is 30.5 Å². The third kappa shape index (κ3) is 4.98. The van der Waals surface area contributed by atoms with Crippen LogP contribution in [0.3, 0.4) is 0 Å². The molecule has 4 aromatic rings. The second kappa shape index (κ2) is 10.2. The zero-order valence-corrected chi connectivity index (χ0v) is 19.9. The van der Waals surface area contributed by atoms with E-state index in [0.29, 0.717) is 34.9 Å². The first-order valence-corrected chi connectivity index (χ1v) is 11.8. The normalized spacial score (nSPS) is 18.1. The van der Waals surface area contributed by atoms with E-state index in [1.807, 2.05) is 78.9 Å². The molecule has 1 aliphatic heterocycles. The fourth-order valence-electron chi connectivity index (χ4n) is 4.46. The van der Waals surface area contributed by atoms with Crippen LogP contribution in [0.4, 0.5) is 0 Å². The van der Waals surface area contributed by atoms with Crippen molar-refractivity contribution in [2.75, 3.05) is 14.2 Å². The molecule has 2 unspecified atom stereocenters. The van der Waals surface area contributed by atoms with Crippen LogP contribution in [0, 0.1) is 0 Å². The molecule has 0 bridgehead atoms. The molecule has 3 heterocycles. The summed E-state index contributed by atoms with van der Waals surface area (Å²) in [5, 5.41) is 0. The second-order valence-corrected chi connectivity index (χ2v) is 8.56. The van der Waals surface area contributed by atoms with Gasteiger partial charge in [-0.05, 0) is 67.3 Å². The van der Waals surface area contributed by atoms with E-state index in [9.17, 15) is 4.79 Å². The quantitative estimate of drug-likeness (QED) is 0.363. The highest BCUT2D eigenvalue weighted by Crippen LogP contribution is 2.37. The minimum atomic E-state index is -0.136. The SMILES string of the molecule is C1CC2OC2C1.COc1cccc(-c2c(C=Cc3ccccc3OC)nc3ccccn3c2=O)c1. The molecule has 1 saturated carbocycles. The van der Waals surface area contributed by atoms with Crippen LogP contribution in [0.5, 0.6) is 11.5 Å². The first-order valence-electron chi connectivity index (χ1n) is 11.8. The van der Waals surface area contributed by atoms with Crippen molar-refractivity contribution in [2.45, 2.75) is 31.5 Å². The zero-order valence-electron chi connectivity index (χ0n) is 19.9. The van der Waals surface area contributed by atoms with Crippen molar-refractivity contribution in [3.63, 3.8) is 0 Å². The van der Waals surface area contributed by atoms with Gasteiger partial charge in [-0.15, -0.1) is 0 Å². The predicted octanol–water partition coefficient (Wildman–Crippen LogP) is 5.49. The van der Waals surface area contributed by atoms with Crippen LogP contribution in [-0.4, -0.2) is 35.8 Å². The zero-order chi connectivity index (χ0) is 24.2. The van der Waals surface area contributed by atoms with Crippen molar-refractivity contribution in [3.05, 3.63) is 94.5 Å². The van der Waals surface area contributed by atoms with Gasteiger partial charge >= 0.3 is 0 Å². The summed E-state index contributed by atoms with van der Waals surface area (Å²) in [6.45, 7) is 0. The van der Waals surface area contributed by atoms with Crippen LogP contribution in [0.2, 0.25) is 0 Å². The van der Waals surface area contributed by atoms with E-state index in [1.54, 1.807) is 24.8 Å². The predicted molar refractivity (Wildman–Crippen MR) is 138 cm³/mol. The maximum Gasteiger partial charge on any atom is 0.266 e. The number of epoxide rings is 1. The molecule has 2 fully saturated rings. The lowest BCUT2D eigenvalue weighted by atomic mass is 10.0. The summed E-state index contributed by atoms with van der Waals surface area (Å²) in [4.78, 5) is 18.0. The Morgan fingerprint density at radius 1 is 0.943 bits per heavy atom. The Balaban J connectivity index is 0.000000362. The highest BCUT2D eigenvalue weighted by Gasteiger charge is 2.42. The van der Waals surface area contributed by atoms with Gasteiger partial charge in [-0.2, -0.15) is 0 Å². The molecule has 178 valence electrons. The number of hydrogen-bond donors (Lipinski definition) is 0. The van der Waals surface area contributed by atoms with Crippen molar-refractivity contribution in [1.29, 1.82) is 0 Å². The average Bonchev–Trinajstić information content (AvgIpc) is 3.51. The number of benzene rings is 2.